The lowest BCUT2D eigenvalue weighted by Gasteiger charge is -2.11. The lowest BCUT2D eigenvalue weighted by atomic mass is 10.1. The number of amides is 1. The largest absolute Gasteiger partial charge is 0.465 e. The quantitative estimate of drug-likeness (QED) is 0.443. The molecule has 1 amide bonds. The van der Waals surface area contributed by atoms with Crippen LogP contribution in [0.15, 0.2) is 22.8 Å². The van der Waals surface area contributed by atoms with Crippen LogP contribution in [0.1, 0.15) is 31.4 Å². The van der Waals surface area contributed by atoms with E-state index in [1.54, 1.807) is 6.07 Å². The average Bonchev–Trinajstić information content (AvgIpc) is 3.14. The van der Waals surface area contributed by atoms with Crippen LogP contribution in [-0.2, 0) is 4.74 Å². The maximum absolute atomic E-state index is 11.9. The third-order valence-electron chi connectivity index (χ3n) is 3.04. The second-order valence-corrected chi connectivity index (χ2v) is 6.12. The fraction of sp³-hybridized carbons (Fsp3) is 0.214. The first-order chi connectivity index (χ1) is 10.9. The van der Waals surface area contributed by atoms with Crippen LogP contribution in [0.5, 0.6) is 0 Å². The van der Waals surface area contributed by atoms with E-state index in [0.717, 1.165) is 10.4 Å². The molecule has 0 fully saturated rings. The SMILES string of the molecule is COC(=O)c1c(NC(=S)NNC(=O)c2ccco2)sc(C)c1C. The molecule has 23 heavy (non-hydrogen) atoms. The maximum Gasteiger partial charge on any atom is 0.341 e. The molecule has 2 rings (SSSR count). The third-order valence-corrected chi connectivity index (χ3v) is 4.36. The van der Waals surface area contributed by atoms with Crippen LogP contribution in [0, 0.1) is 13.8 Å². The van der Waals surface area contributed by atoms with E-state index >= 15 is 0 Å². The zero-order valence-electron chi connectivity index (χ0n) is 12.7. The van der Waals surface area contributed by atoms with Gasteiger partial charge in [0.05, 0.1) is 18.9 Å². The van der Waals surface area contributed by atoms with E-state index in [2.05, 4.69) is 16.2 Å². The minimum atomic E-state index is -0.467. The first kappa shape index (κ1) is 17.0. The molecule has 9 heteroatoms. The standard InChI is InChI=1S/C14H15N3O4S2/c1-7-8(2)23-12(10(7)13(19)20-3)15-14(22)17-16-11(18)9-5-4-6-21-9/h4-6H,1-3H3,(H,16,18)(H2,15,17,22). The molecule has 0 radical (unpaired) electrons. The summed E-state index contributed by atoms with van der Waals surface area (Å²) in [6, 6.07) is 3.13. The Morgan fingerprint density at radius 2 is 2.04 bits per heavy atom. The number of esters is 1. The average molecular weight is 353 g/mol. The summed E-state index contributed by atoms with van der Waals surface area (Å²) in [5.74, 6) is -0.763. The molecule has 3 N–H and O–H groups in total. The van der Waals surface area contributed by atoms with Gasteiger partial charge in [-0.25, -0.2) is 4.79 Å². The molecule has 0 aliphatic heterocycles. The van der Waals surface area contributed by atoms with Crippen LogP contribution in [0.2, 0.25) is 0 Å². The Bertz CT molecular complexity index is 738. The Morgan fingerprint density at radius 3 is 2.65 bits per heavy atom. The molecule has 122 valence electrons. The Kier molecular flexibility index (Phi) is 5.35. The van der Waals surface area contributed by atoms with Crippen molar-refractivity contribution in [2.75, 3.05) is 12.4 Å². The predicted octanol–water partition coefficient (Wildman–Crippen LogP) is 2.38. The van der Waals surface area contributed by atoms with Crippen molar-refractivity contribution in [3.05, 3.63) is 40.2 Å². The number of aryl methyl sites for hydroxylation is 1. The van der Waals surface area contributed by atoms with Gasteiger partial charge in [0.25, 0.3) is 0 Å². The Labute approximate surface area is 142 Å². The van der Waals surface area contributed by atoms with Gasteiger partial charge in [0.1, 0.15) is 5.00 Å². The van der Waals surface area contributed by atoms with E-state index in [9.17, 15) is 9.59 Å². The highest BCUT2D eigenvalue weighted by atomic mass is 32.1. The molecule has 0 unspecified atom stereocenters. The van der Waals surface area contributed by atoms with Crippen molar-refractivity contribution < 1.29 is 18.7 Å². The number of thiophene rings is 1. The second-order valence-electron chi connectivity index (χ2n) is 4.49. The van der Waals surface area contributed by atoms with E-state index < -0.39 is 11.9 Å². The number of hydrogen-bond donors (Lipinski definition) is 3. The molecule has 0 bridgehead atoms. The number of furan rings is 1. The Morgan fingerprint density at radius 1 is 1.30 bits per heavy atom. The van der Waals surface area contributed by atoms with Crippen molar-refractivity contribution in [2.45, 2.75) is 13.8 Å². The fourth-order valence-corrected chi connectivity index (χ4v) is 3.05. The van der Waals surface area contributed by atoms with Crippen LogP contribution < -0.4 is 16.2 Å². The molecule has 2 aromatic heterocycles. The Balaban J connectivity index is 2.02. The summed E-state index contributed by atoms with van der Waals surface area (Å²) in [6.45, 7) is 3.73. The number of nitrogens with one attached hydrogen (secondary N) is 3. The number of thiocarbonyl (C=S) groups is 1. The van der Waals surface area contributed by atoms with Crippen LogP contribution in [0.3, 0.4) is 0 Å². The molecule has 2 heterocycles. The minimum Gasteiger partial charge on any atom is -0.465 e. The first-order valence-electron chi connectivity index (χ1n) is 6.53. The molecule has 0 saturated carbocycles. The summed E-state index contributed by atoms with van der Waals surface area (Å²) >= 11 is 6.48. The normalized spacial score (nSPS) is 10.0. The van der Waals surface area contributed by atoms with E-state index in [1.165, 1.54) is 30.8 Å². The lowest BCUT2D eigenvalue weighted by Crippen LogP contribution is -2.43. The van der Waals surface area contributed by atoms with Crippen molar-refractivity contribution in [1.82, 2.24) is 10.9 Å². The van der Waals surface area contributed by atoms with Gasteiger partial charge in [-0.1, -0.05) is 0 Å². The molecule has 0 spiro atoms. The molecular formula is C14H15N3O4S2. The van der Waals surface area contributed by atoms with Gasteiger partial charge < -0.3 is 14.5 Å². The van der Waals surface area contributed by atoms with Crippen LogP contribution in [0.25, 0.3) is 0 Å². The molecule has 0 atom stereocenters. The number of hydrazine groups is 1. The molecule has 0 saturated heterocycles. The number of hydrogen-bond acceptors (Lipinski definition) is 6. The monoisotopic (exact) mass is 353 g/mol. The van der Waals surface area contributed by atoms with Gasteiger partial charge in [-0.15, -0.1) is 11.3 Å². The van der Waals surface area contributed by atoms with Gasteiger partial charge in [0.2, 0.25) is 0 Å². The highest BCUT2D eigenvalue weighted by Gasteiger charge is 2.21. The van der Waals surface area contributed by atoms with E-state index in [1.807, 2.05) is 13.8 Å². The van der Waals surface area contributed by atoms with Gasteiger partial charge in [-0.05, 0) is 43.8 Å². The van der Waals surface area contributed by atoms with Gasteiger partial charge in [0.15, 0.2) is 10.9 Å². The number of methoxy groups -OCH3 is 1. The number of ether oxygens (including phenoxy) is 1. The van der Waals surface area contributed by atoms with Crippen molar-refractivity contribution in [3.63, 3.8) is 0 Å². The Hall–Kier alpha value is -2.39. The van der Waals surface area contributed by atoms with Gasteiger partial charge in [-0.2, -0.15) is 0 Å². The summed E-state index contributed by atoms with van der Waals surface area (Å²) in [6.07, 6.45) is 1.39. The summed E-state index contributed by atoms with van der Waals surface area (Å²) in [7, 11) is 1.32. The van der Waals surface area contributed by atoms with E-state index in [0.29, 0.717) is 10.6 Å². The summed E-state index contributed by atoms with van der Waals surface area (Å²) < 4.78 is 9.74. The number of carbonyl (C=O) groups is 2. The van der Waals surface area contributed by atoms with Crippen molar-refractivity contribution in [2.24, 2.45) is 0 Å². The minimum absolute atomic E-state index is 0.135. The van der Waals surface area contributed by atoms with Crippen LogP contribution >= 0.6 is 23.6 Å². The highest BCUT2D eigenvalue weighted by Crippen LogP contribution is 2.32. The number of rotatable bonds is 3. The molecule has 2 aromatic rings. The van der Waals surface area contributed by atoms with Gasteiger partial charge >= 0.3 is 11.9 Å². The highest BCUT2D eigenvalue weighted by molar-refractivity contribution is 7.80. The zero-order valence-corrected chi connectivity index (χ0v) is 14.3. The van der Waals surface area contributed by atoms with E-state index in [-0.39, 0.29) is 10.9 Å². The summed E-state index contributed by atoms with van der Waals surface area (Å²) in [5, 5.41) is 3.57. The first-order valence-corrected chi connectivity index (χ1v) is 7.75. The van der Waals surface area contributed by atoms with Gasteiger partial charge in [-0.3, -0.25) is 15.6 Å². The number of carbonyl (C=O) groups excluding carboxylic acids is 2. The zero-order chi connectivity index (χ0) is 17.0. The predicted molar refractivity (Wildman–Crippen MR) is 90.7 cm³/mol. The van der Waals surface area contributed by atoms with E-state index in [4.69, 9.17) is 21.4 Å². The lowest BCUT2D eigenvalue weighted by molar-refractivity contribution is 0.0601. The van der Waals surface area contributed by atoms with Crippen LogP contribution in [-0.4, -0.2) is 24.1 Å². The van der Waals surface area contributed by atoms with Gasteiger partial charge in [0, 0.05) is 4.88 Å². The molecule has 0 aliphatic carbocycles. The third kappa shape index (κ3) is 3.88. The molecule has 7 nitrogen and oxygen atoms in total. The number of anilines is 1. The smallest absolute Gasteiger partial charge is 0.341 e. The van der Waals surface area contributed by atoms with Crippen molar-refractivity contribution in [3.8, 4) is 0 Å². The molecule has 0 aliphatic rings. The second kappa shape index (κ2) is 7.25. The molecular weight excluding hydrogens is 338 g/mol. The fourth-order valence-electron chi connectivity index (χ4n) is 1.78. The van der Waals surface area contributed by atoms with Crippen molar-refractivity contribution >= 4 is 45.5 Å². The topological polar surface area (TPSA) is 92.6 Å². The molecule has 0 aromatic carbocycles. The summed E-state index contributed by atoms with van der Waals surface area (Å²) in [4.78, 5) is 24.6. The maximum atomic E-state index is 11.9. The van der Waals surface area contributed by atoms with Crippen LogP contribution in [0.4, 0.5) is 5.00 Å². The summed E-state index contributed by atoms with van der Waals surface area (Å²) in [5.41, 5.74) is 6.19. The van der Waals surface area contributed by atoms with Crippen molar-refractivity contribution in [1.29, 1.82) is 0 Å².